The molecule has 2 heterocycles. The lowest BCUT2D eigenvalue weighted by atomic mass is 9.89. The Morgan fingerprint density at radius 2 is 1.81 bits per heavy atom. The molecule has 0 fully saturated rings. The average molecular weight is 354 g/mol. The largest absolute Gasteiger partial charge is 0.343 e. The van der Waals surface area contributed by atoms with Crippen molar-refractivity contribution in [3.63, 3.8) is 0 Å². The Labute approximate surface area is 159 Å². The van der Waals surface area contributed by atoms with Crippen LogP contribution < -0.4 is 9.47 Å². The summed E-state index contributed by atoms with van der Waals surface area (Å²) >= 11 is 0. The molecule has 1 aromatic heterocycles. The van der Waals surface area contributed by atoms with Gasteiger partial charge in [0.2, 0.25) is 0 Å². The molecule has 0 amide bonds. The molecule has 0 radical (unpaired) electrons. The second kappa shape index (κ2) is 5.53. The van der Waals surface area contributed by atoms with Crippen LogP contribution in [0.3, 0.4) is 0 Å². The Bertz CT molecular complexity index is 1240. The molecule has 0 bridgehead atoms. The third kappa shape index (κ3) is 2.14. The topological polar surface area (TPSA) is 20.0 Å². The summed E-state index contributed by atoms with van der Waals surface area (Å²) in [4.78, 5) is 7.11. The lowest BCUT2D eigenvalue weighted by Crippen LogP contribution is -2.34. The standard InChI is InChI=1S/C24H24N3/c1-14(2)17-10-19-23-21(12-17)27(5)20-11-16-8-6-7-9-18(16)15(3)22(20)24(23)26(4)13-25-19/h6-14H,1-5H3/q+1. The summed E-state index contributed by atoms with van der Waals surface area (Å²) in [7, 11) is 4.29. The number of rotatable bonds is 1. The van der Waals surface area contributed by atoms with Gasteiger partial charge >= 0.3 is 0 Å². The SMILES string of the molecule is Cc1c2c(cc3ccccc13)N(C)c1cc(C(C)C)cc3nc[n+](C)c-2c13. The maximum atomic E-state index is 4.76. The summed E-state index contributed by atoms with van der Waals surface area (Å²) in [6, 6.07) is 15.6. The van der Waals surface area contributed by atoms with Crippen LogP contribution in [0.25, 0.3) is 32.9 Å². The van der Waals surface area contributed by atoms with E-state index in [0.717, 1.165) is 5.52 Å². The van der Waals surface area contributed by atoms with E-state index in [2.05, 4.69) is 86.8 Å². The van der Waals surface area contributed by atoms with E-state index in [9.17, 15) is 0 Å². The molecule has 0 aliphatic carbocycles. The van der Waals surface area contributed by atoms with Crippen LogP contribution in [0.1, 0.15) is 30.9 Å². The lowest BCUT2D eigenvalue weighted by Gasteiger charge is -2.31. The van der Waals surface area contributed by atoms with Crippen molar-refractivity contribution in [2.45, 2.75) is 26.7 Å². The van der Waals surface area contributed by atoms with Crippen molar-refractivity contribution in [2.24, 2.45) is 7.05 Å². The minimum absolute atomic E-state index is 0.470. The average Bonchev–Trinajstić information content (AvgIpc) is 2.67. The molecule has 0 atom stereocenters. The van der Waals surface area contributed by atoms with Crippen LogP contribution in [-0.4, -0.2) is 12.0 Å². The fraction of sp³-hybridized carbons (Fsp3) is 0.250. The Balaban J connectivity index is 1.99. The van der Waals surface area contributed by atoms with E-state index in [1.807, 2.05) is 6.33 Å². The van der Waals surface area contributed by atoms with Gasteiger partial charge in [0, 0.05) is 12.6 Å². The molecule has 0 N–H and O–H groups in total. The van der Waals surface area contributed by atoms with Crippen molar-refractivity contribution in [1.82, 2.24) is 4.98 Å². The maximum Gasteiger partial charge on any atom is 0.287 e. The number of nitrogens with zero attached hydrogens (tertiary/aromatic N) is 3. The predicted octanol–water partition coefficient (Wildman–Crippen LogP) is 5.39. The summed E-state index contributed by atoms with van der Waals surface area (Å²) in [5, 5.41) is 3.85. The molecule has 0 saturated heterocycles. The third-order valence-corrected chi connectivity index (χ3v) is 5.99. The highest BCUT2D eigenvalue weighted by Crippen LogP contribution is 2.48. The Morgan fingerprint density at radius 1 is 1.04 bits per heavy atom. The summed E-state index contributed by atoms with van der Waals surface area (Å²) < 4.78 is 2.18. The fourth-order valence-corrected chi connectivity index (χ4v) is 4.46. The number of benzene rings is 3. The molecule has 3 aromatic carbocycles. The summed E-state index contributed by atoms with van der Waals surface area (Å²) in [6.45, 7) is 6.73. The zero-order valence-corrected chi connectivity index (χ0v) is 16.5. The summed E-state index contributed by atoms with van der Waals surface area (Å²) in [5.74, 6) is 0.470. The van der Waals surface area contributed by atoms with E-state index in [0.29, 0.717) is 5.92 Å². The Morgan fingerprint density at radius 3 is 2.59 bits per heavy atom. The molecule has 27 heavy (non-hydrogen) atoms. The zero-order chi connectivity index (χ0) is 18.9. The molecule has 134 valence electrons. The van der Waals surface area contributed by atoms with Gasteiger partial charge < -0.3 is 4.90 Å². The lowest BCUT2D eigenvalue weighted by molar-refractivity contribution is -0.662. The van der Waals surface area contributed by atoms with Crippen molar-refractivity contribution in [3.8, 4) is 11.3 Å². The summed E-state index contributed by atoms with van der Waals surface area (Å²) in [6.07, 6.45) is 1.95. The molecule has 3 heteroatoms. The van der Waals surface area contributed by atoms with Crippen molar-refractivity contribution in [3.05, 3.63) is 59.9 Å². The van der Waals surface area contributed by atoms with E-state index in [-0.39, 0.29) is 0 Å². The van der Waals surface area contributed by atoms with Crippen LogP contribution in [-0.2, 0) is 7.05 Å². The first-order valence-electron chi connectivity index (χ1n) is 9.56. The highest BCUT2D eigenvalue weighted by atomic mass is 15.1. The molecule has 4 aromatic rings. The summed E-state index contributed by atoms with van der Waals surface area (Å²) in [5.41, 5.74) is 8.83. The first-order chi connectivity index (χ1) is 13.0. The number of hydrogen-bond acceptors (Lipinski definition) is 2. The van der Waals surface area contributed by atoms with Gasteiger partial charge in [-0.2, -0.15) is 0 Å². The second-order valence-electron chi connectivity index (χ2n) is 7.97. The quantitative estimate of drug-likeness (QED) is 0.427. The van der Waals surface area contributed by atoms with Gasteiger partial charge in [0.1, 0.15) is 5.69 Å². The van der Waals surface area contributed by atoms with Crippen LogP contribution in [0.5, 0.6) is 0 Å². The van der Waals surface area contributed by atoms with E-state index >= 15 is 0 Å². The van der Waals surface area contributed by atoms with E-state index in [1.54, 1.807) is 0 Å². The monoisotopic (exact) mass is 354 g/mol. The smallest absolute Gasteiger partial charge is 0.287 e. The zero-order valence-electron chi connectivity index (χ0n) is 16.5. The second-order valence-corrected chi connectivity index (χ2v) is 7.97. The van der Waals surface area contributed by atoms with Crippen molar-refractivity contribution >= 4 is 33.1 Å². The third-order valence-electron chi connectivity index (χ3n) is 5.99. The van der Waals surface area contributed by atoms with Gasteiger partial charge in [-0.3, -0.25) is 0 Å². The van der Waals surface area contributed by atoms with Gasteiger partial charge in [0.05, 0.1) is 23.8 Å². The van der Waals surface area contributed by atoms with Gasteiger partial charge in [-0.25, -0.2) is 4.57 Å². The first-order valence-corrected chi connectivity index (χ1v) is 9.56. The number of anilines is 2. The fourth-order valence-electron chi connectivity index (χ4n) is 4.46. The number of aryl methyl sites for hydroxylation is 2. The Kier molecular flexibility index (Phi) is 3.33. The maximum absolute atomic E-state index is 4.76. The van der Waals surface area contributed by atoms with Gasteiger partial charge in [-0.05, 0) is 57.9 Å². The molecule has 5 rings (SSSR count). The van der Waals surface area contributed by atoms with Crippen molar-refractivity contribution < 1.29 is 4.57 Å². The number of aromatic nitrogens is 2. The van der Waals surface area contributed by atoms with Gasteiger partial charge in [-0.15, -0.1) is 0 Å². The number of fused-ring (bicyclic) bond motifs is 3. The molecule has 3 nitrogen and oxygen atoms in total. The minimum Gasteiger partial charge on any atom is -0.343 e. The molecule has 0 saturated carbocycles. The molecule has 1 aliphatic rings. The van der Waals surface area contributed by atoms with Crippen LogP contribution in [0.2, 0.25) is 0 Å². The van der Waals surface area contributed by atoms with Crippen molar-refractivity contribution in [2.75, 3.05) is 11.9 Å². The molecular formula is C24H24N3+. The Hall–Kier alpha value is -2.94. The predicted molar refractivity (Wildman–Crippen MR) is 113 cm³/mol. The number of hydrogen-bond donors (Lipinski definition) is 0. The van der Waals surface area contributed by atoms with Crippen LogP contribution in [0.15, 0.2) is 48.8 Å². The van der Waals surface area contributed by atoms with Crippen LogP contribution >= 0.6 is 0 Å². The minimum atomic E-state index is 0.470. The van der Waals surface area contributed by atoms with E-state index in [4.69, 9.17) is 4.98 Å². The highest BCUT2D eigenvalue weighted by molar-refractivity contribution is 6.12. The molecule has 1 aliphatic heterocycles. The molecule has 0 spiro atoms. The normalized spacial score (nSPS) is 12.9. The first kappa shape index (κ1) is 16.2. The van der Waals surface area contributed by atoms with Crippen LogP contribution in [0, 0.1) is 6.92 Å². The molecule has 0 unspecified atom stereocenters. The van der Waals surface area contributed by atoms with Gasteiger partial charge in [0.15, 0.2) is 5.52 Å². The molecular weight excluding hydrogens is 330 g/mol. The van der Waals surface area contributed by atoms with Crippen LogP contribution in [0.4, 0.5) is 11.4 Å². The van der Waals surface area contributed by atoms with E-state index in [1.165, 1.54) is 49.9 Å². The van der Waals surface area contributed by atoms with Gasteiger partial charge in [-0.1, -0.05) is 38.1 Å². The van der Waals surface area contributed by atoms with E-state index < -0.39 is 0 Å². The van der Waals surface area contributed by atoms with Gasteiger partial charge in [0.25, 0.3) is 6.33 Å². The van der Waals surface area contributed by atoms with Crippen molar-refractivity contribution in [1.29, 1.82) is 0 Å². The highest BCUT2D eigenvalue weighted by Gasteiger charge is 2.31.